The summed E-state index contributed by atoms with van der Waals surface area (Å²) in [4.78, 5) is 4.45. The monoisotopic (exact) mass is 299 g/mol. The highest BCUT2D eigenvalue weighted by Gasteiger charge is 2.07. The number of hydrogen-bond donors (Lipinski definition) is 1. The molecule has 3 aromatic rings. The molecule has 0 aliphatic heterocycles. The summed E-state index contributed by atoms with van der Waals surface area (Å²) in [5.74, 6) is 0.484. The van der Waals surface area contributed by atoms with E-state index >= 15 is 0 Å². The lowest BCUT2D eigenvalue weighted by Gasteiger charge is -2.10. The number of aliphatic hydroxyl groups is 1. The molecule has 0 aliphatic rings. The third kappa shape index (κ3) is 2.99. The maximum absolute atomic E-state index is 9.48. The smallest absolute Gasteiger partial charge is 0.214 e. The van der Waals surface area contributed by atoms with Crippen molar-refractivity contribution in [3.8, 4) is 5.88 Å². The van der Waals surface area contributed by atoms with Gasteiger partial charge in [-0.15, -0.1) is 0 Å². The normalized spacial score (nSPS) is 10.8. The van der Waals surface area contributed by atoms with Gasteiger partial charge in [0, 0.05) is 22.0 Å². The Morgan fingerprint density at radius 1 is 1.00 bits per heavy atom. The summed E-state index contributed by atoms with van der Waals surface area (Å²) in [5, 5.41) is 11.1. The Morgan fingerprint density at radius 3 is 2.57 bits per heavy atom. The molecule has 0 radical (unpaired) electrons. The highest BCUT2D eigenvalue weighted by molar-refractivity contribution is 6.31. The zero-order chi connectivity index (χ0) is 14.7. The molecule has 0 saturated carbocycles. The molecule has 106 valence electrons. The first-order chi connectivity index (χ1) is 10.3. The minimum atomic E-state index is -0.0501. The maximum Gasteiger partial charge on any atom is 0.214 e. The first-order valence-corrected chi connectivity index (χ1v) is 7.01. The van der Waals surface area contributed by atoms with Gasteiger partial charge < -0.3 is 9.84 Å². The van der Waals surface area contributed by atoms with E-state index in [2.05, 4.69) is 4.98 Å². The van der Waals surface area contributed by atoms with Gasteiger partial charge >= 0.3 is 0 Å². The summed E-state index contributed by atoms with van der Waals surface area (Å²) in [7, 11) is 0. The van der Waals surface area contributed by atoms with Crippen LogP contribution < -0.4 is 4.74 Å². The number of aromatic nitrogens is 1. The van der Waals surface area contributed by atoms with Gasteiger partial charge in [0.25, 0.3) is 0 Å². The predicted molar refractivity (Wildman–Crippen MR) is 83.4 cm³/mol. The molecule has 0 amide bonds. The van der Waals surface area contributed by atoms with E-state index in [9.17, 15) is 5.11 Å². The number of hydrogen-bond acceptors (Lipinski definition) is 3. The van der Waals surface area contributed by atoms with Crippen molar-refractivity contribution in [3.05, 3.63) is 70.7 Å². The number of halogens is 1. The van der Waals surface area contributed by atoms with Crippen LogP contribution in [-0.4, -0.2) is 10.1 Å². The van der Waals surface area contributed by atoms with E-state index in [1.165, 1.54) is 0 Å². The third-order valence-electron chi connectivity index (χ3n) is 3.28. The molecular weight excluding hydrogens is 286 g/mol. The largest absolute Gasteiger partial charge is 0.473 e. The first-order valence-electron chi connectivity index (χ1n) is 6.63. The van der Waals surface area contributed by atoms with Crippen LogP contribution in [0.25, 0.3) is 10.9 Å². The van der Waals surface area contributed by atoms with E-state index in [0.29, 0.717) is 17.5 Å². The average Bonchev–Trinajstić information content (AvgIpc) is 2.53. The minimum Gasteiger partial charge on any atom is -0.473 e. The Hall–Kier alpha value is -2.10. The van der Waals surface area contributed by atoms with Crippen molar-refractivity contribution in [1.82, 2.24) is 4.98 Å². The Bertz CT molecular complexity index is 774. The van der Waals surface area contributed by atoms with E-state index in [4.69, 9.17) is 16.3 Å². The number of aliphatic hydroxyl groups excluding tert-OH is 1. The Morgan fingerprint density at radius 2 is 1.76 bits per heavy atom. The fourth-order valence-electron chi connectivity index (χ4n) is 2.19. The van der Waals surface area contributed by atoms with Crippen LogP contribution in [0.5, 0.6) is 5.88 Å². The maximum atomic E-state index is 9.48. The lowest BCUT2D eigenvalue weighted by atomic mass is 10.1. The van der Waals surface area contributed by atoms with Crippen LogP contribution in [0, 0.1) is 0 Å². The SMILES string of the molecule is OCc1cc(OCc2ccccc2Cl)nc2ccccc12. The molecule has 1 aromatic heterocycles. The molecule has 1 N–H and O–H groups in total. The van der Waals surface area contributed by atoms with Gasteiger partial charge in [0.2, 0.25) is 5.88 Å². The van der Waals surface area contributed by atoms with Gasteiger partial charge in [0.15, 0.2) is 0 Å². The number of rotatable bonds is 4. The molecule has 0 spiro atoms. The molecule has 0 saturated heterocycles. The predicted octanol–water partition coefficient (Wildman–Crippen LogP) is 3.96. The molecule has 0 fully saturated rings. The van der Waals surface area contributed by atoms with E-state index < -0.39 is 0 Å². The molecule has 21 heavy (non-hydrogen) atoms. The topological polar surface area (TPSA) is 42.4 Å². The number of benzene rings is 2. The second-order valence-corrected chi connectivity index (χ2v) is 5.08. The molecular formula is C17H14ClNO2. The second kappa shape index (κ2) is 6.12. The molecule has 0 aliphatic carbocycles. The second-order valence-electron chi connectivity index (χ2n) is 4.67. The van der Waals surface area contributed by atoms with Gasteiger partial charge in [0.05, 0.1) is 12.1 Å². The summed E-state index contributed by atoms with van der Waals surface area (Å²) >= 11 is 6.10. The summed E-state index contributed by atoms with van der Waals surface area (Å²) in [6, 6.07) is 17.0. The lowest BCUT2D eigenvalue weighted by Crippen LogP contribution is -2.00. The van der Waals surface area contributed by atoms with E-state index in [1.54, 1.807) is 6.07 Å². The number of para-hydroxylation sites is 1. The highest BCUT2D eigenvalue weighted by Crippen LogP contribution is 2.23. The fourth-order valence-corrected chi connectivity index (χ4v) is 2.38. The molecule has 2 aromatic carbocycles. The first kappa shape index (κ1) is 13.9. The zero-order valence-electron chi connectivity index (χ0n) is 11.3. The Balaban J connectivity index is 1.89. The summed E-state index contributed by atoms with van der Waals surface area (Å²) < 4.78 is 5.72. The van der Waals surface area contributed by atoms with Gasteiger partial charge in [-0.25, -0.2) is 4.98 Å². The van der Waals surface area contributed by atoms with Crippen LogP contribution in [0.15, 0.2) is 54.6 Å². The van der Waals surface area contributed by atoms with Crippen molar-refractivity contribution in [1.29, 1.82) is 0 Å². The fraction of sp³-hybridized carbons (Fsp3) is 0.118. The molecule has 0 bridgehead atoms. The van der Waals surface area contributed by atoms with Gasteiger partial charge in [-0.05, 0) is 17.7 Å². The van der Waals surface area contributed by atoms with Crippen molar-refractivity contribution < 1.29 is 9.84 Å². The van der Waals surface area contributed by atoms with Crippen LogP contribution in [0.2, 0.25) is 5.02 Å². The van der Waals surface area contributed by atoms with Crippen LogP contribution in [0.1, 0.15) is 11.1 Å². The molecule has 3 nitrogen and oxygen atoms in total. The summed E-state index contributed by atoms with van der Waals surface area (Å²) in [5.41, 5.74) is 2.51. The van der Waals surface area contributed by atoms with Gasteiger partial charge in [-0.3, -0.25) is 0 Å². The summed E-state index contributed by atoms with van der Waals surface area (Å²) in [6.45, 7) is 0.293. The van der Waals surface area contributed by atoms with Crippen molar-refractivity contribution in [2.45, 2.75) is 13.2 Å². The quantitative estimate of drug-likeness (QED) is 0.793. The number of nitrogens with zero attached hydrogens (tertiary/aromatic N) is 1. The third-order valence-corrected chi connectivity index (χ3v) is 3.65. The number of ether oxygens (including phenoxy) is 1. The minimum absolute atomic E-state index is 0.0501. The van der Waals surface area contributed by atoms with Gasteiger partial charge in [-0.1, -0.05) is 48.0 Å². The molecule has 0 unspecified atom stereocenters. The lowest BCUT2D eigenvalue weighted by molar-refractivity contribution is 0.277. The highest BCUT2D eigenvalue weighted by atomic mass is 35.5. The van der Waals surface area contributed by atoms with Crippen molar-refractivity contribution in [2.75, 3.05) is 0 Å². The van der Waals surface area contributed by atoms with Crippen LogP contribution in [0.3, 0.4) is 0 Å². The summed E-state index contributed by atoms with van der Waals surface area (Å²) in [6.07, 6.45) is 0. The van der Waals surface area contributed by atoms with Crippen LogP contribution in [-0.2, 0) is 13.2 Å². The van der Waals surface area contributed by atoms with E-state index in [-0.39, 0.29) is 6.61 Å². The molecule has 3 rings (SSSR count). The zero-order valence-corrected chi connectivity index (χ0v) is 12.0. The van der Waals surface area contributed by atoms with E-state index in [1.807, 2.05) is 48.5 Å². The molecule has 0 atom stereocenters. The van der Waals surface area contributed by atoms with Crippen LogP contribution >= 0.6 is 11.6 Å². The Kier molecular flexibility index (Phi) is 4.04. The van der Waals surface area contributed by atoms with Crippen molar-refractivity contribution in [3.63, 3.8) is 0 Å². The molecule has 4 heteroatoms. The van der Waals surface area contributed by atoms with Gasteiger partial charge in [-0.2, -0.15) is 0 Å². The van der Waals surface area contributed by atoms with E-state index in [0.717, 1.165) is 22.0 Å². The number of fused-ring (bicyclic) bond motifs is 1. The average molecular weight is 300 g/mol. The van der Waals surface area contributed by atoms with Gasteiger partial charge in [0.1, 0.15) is 6.61 Å². The van der Waals surface area contributed by atoms with Crippen LogP contribution in [0.4, 0.5) is 0 Å². The standard InChI is InChI=1S/C17H14ClNO2/c18-15-7-3-1-5-12(15)11-21-17-9-13(10-20)14-6-2-4-8-16(14)19-17/h1-9,20H,10-11H2. The van der Waals surface area contributed by atoms with Crippen molar-refractivity contribution >= 4 is 22.5 Å². The number of pyridine rings is 1. The van der Waals surface area contributed by atoms with Crippen molar-refractivity contribution in [2.24, 2.45) is 0 Å². The Labute approximate surface area is 127 Å². The molecule has 1 heterocycles.